The van der Waals surface area contributed by atoms with Crippen LogP contribution in [-0.4, -0.2) is 10.9 Å². The Bertz CT molecular complexity index is 365. The van der Waals surface area contributed by atoms with Crippen LogP contribution < -0.4 is 0 Å². The lowest BCUT2D eigenvalue weighted by molar-refractivity contribution is 0.318. The Hall–Kier alpha value is -1.57. The molecule has 0 saturated heterocycles. The van der Waals surface area contributed by atoms with Gasteiger partial charge in [-0.25, -0.2) is 0 Å². The predicted molar refractivity (Wildman–Crippen MR) is 57.5 cm³/mol. The molecule has 1 saturated carbocycles. The zero-order chi connectivity index (χ0) is 9.80. The SMILES string of the molecule is O/N=C1\CCC\C1=C\c1ccccc1. The average molecular weight is 187 g/mol. The molecule has 2 heteroatoms. The summed E-state index contributed by atoms with van der Waals surface area (Å²) in [7, 11) is 0. The van der Waals surface area contributed by atoms with Gasteiger partial charge in [-0.1, -0.05) is 35.5 Å². The first-order chi connectivity index (χ1) is 6.90. The zero-order valence-electron chi connectivity index (χ0n) is 7.98. The second kappa shape index (κ2) is 4.09. The molecule has 2 rings (SSSR count). The summed E-state index contributed by atoms with van der Waals surface area (Å²) in [6, 6.07) is 10.1. The molecule has 0 spiro atoms. The van der Waals surface area contributed by atoms with E-state index in [2.05, 4.69) is 23.4 Å². The largest absolute Gasteiger partial charge is 0.411 e. The molecule has 14 heavy (non-hydrogen) atoms. The highest BCUT2D eigenvalue weighted by Crippen LogP contribution is 2.23. The number of nitrogens with zero attached hydrogens (tertiary/aromatic N) is 1. The lowest BCUT2D eigenvalue weighted by Crippen LogP contribution is -1.92. The fraction of sp³-hybridized carbons (Fsp3) is 0.250. The van der Waals surface area contributed by atoms with Crippen molar-refractivity contribution >= 4 is 11.8 Å². The normalized spacial score (nSPS) is 22.0. The summed E-state index contributed by atoms with van der Waals surface area (Å²) < 4.78 is 0. The molecule has 1 aliphatic carbocycles. The van der Waals surface area contributed by atoms with Crippen LogP contribution in [0.25, 0.3) is 6.08 Å². The van der Waals surface area contributed by atoms with Crippen molar-refractivity contribution in [3.05, 3.63) is 41.5 Å². The van der Waals surface area contributed by atoms with Gasteiger partial charge in [-0.2, -0.15) is 0 Å². The van der Waals surface area contributed by atoms with Crippen LogP contribution in [0.4, 0.5) is 0 Å². The molecule has 1 fully saturated rings. The lowest BCUT2D eigenvalue weighted by atomic mass is 10.1. The van der Waals surface area contributed by atoms with Crippen LogP contribution in [0.3, 0.4) is 0 Å². The van der Waals surface area contributed by atoms with Crippen molar-refractivity contribution in [3.8, 4) is 0 Å². The van der Waals surface area contributed by atoms with Crippen molar-refractivity contribution in [3.63, 3.8) is 0 Å². The van der Waals surface area contributed by atoms with Crippen LogP contribution in [0.5, 0.6) is 0 Å². The van der Waals surface area contributed by atoms with Gasteiger partial charge in [0, 0.05) is 0 Å². The number of rotatable bonds is 1. The Morgan fingerprint density at radius 1 is 1.14 bits per heavy atom. The van der Waals surface area contributed by atoms with E-state index in [4.69, 9.17) is 5.21 Å². The van der Waals surface area contributed by atoms with Gasteiger partial charge in [0.15, 0.2) is 0 Å². The molecule has 0 amide bonds. The quantitative estimate of drug-likeness (QED) is 0.531. The number of allylic oxidation sites excluding steroid dienone is 1. The van der Waals surface area contributed by atoms with E-state index in [1.807, 2.05) is 18.2 Å². The third-order valence-electron chi connectivity index (χ3n) is 2.49. The number of benzene rings is 1. The molecule has 1 N–H and O–H groups in total. The van der Waals surface area contributed by atoms with Gasteiger partial charge in [0.25, 0.3) is 0 Å². The van der Waals surface area contributed by atoms with Crippen LogP contribution in [0, 0.1) is 0 Å². The molecule has 0 bridgehead atoms. The molecule has 0 aromatic heterocycles. The Kier molecular flexibility index (Phi) is 2.63. The van der Waals surface area contributed by atoms with Crippen LogP contribution in [-0.2, 0) is 0 Å². The maximum atomic E-state index is 8.76. The lowest BCUT2D eigenvalue weighted by Gasteiger charge is -1.97. The number of hydrogen-bond donors (Lipinski definition) is 1. The molecule has 0 unspecified atom stereocenters. The zero-order valence-corrected chi connectivity index (χ0v) is 7.98. The van der Waals surface area contributed by atoms with Crippen molar-refractivity contribution < 1.29 is 5.21 Å². The average Bonchev–Trinajstić information content (AvgIpc) is 2.67. The highest BCUT2D eigenvalue weighted by molar-refractivity contribution is 6.05. The minimum absolute atomic E-state index is 0.842. The predicted octanol–water partition coefficient (Wildman–Crippen LogP) is 3.08. The molecule has 1 aliphatic rings. The number of oxime groups is 1. The molecular weight excluding hydrogens is 174 g/mol. The Morgan fingerprint density at radius 3 is 2.64 bits per heavy atom. The van der Waals surface area contributed by atoms with Crippen LogP contribution in [0.15, 0.2) is 41.1 Å². The van der Waals surface area contributed by atoms with Gasteiger partial charge in [-0.3, -0.25) is 0 Å². The summed E-state index contributed by atoms with van der Waals surface area (Å²) in [5.41, 5.74) is 3.18. The van der Waals surface area contributed by atoms with Crippen molar-refractivity contribution in [2.45, 2.75) is 19.3 Å². The monoisotopic (exact) mass is 187 g/mol. The van der Waals surface area contributed by atoms with Gasteiger partial charge in [-0.05, 0) is 36.5 Å². The van der Waals surface area contributed by atoms with Gasteiger partial charge in [0.1, 0.15) is 0 Å². The second-order valence-corrected chi connectivity index (χ2v) is 3.48. The van der Waals surface area contributed by atoms with E-state index in [9.17, 15) is 0 Å². The fourth-order valence-electron chi connectivity index (χ4n) is 1.77. The van der Waals surface area contributed by atoms with Crippen molar-refractivity contribution in [1.82, 2.24) is 0 Å². The van der Waals surface area contributed by atoms with E-state index in [0.29, 0.717) is 0 Å². The Balaban J connectivity index is 2.27. The van der Waals surface area contributed by atoms with E-state index >= 15 is 0 Å². The summed E-state index contributed by atoms with van der Waals surface area (Å²) in [5.74, 6) is 0. The molecule has 0 atom stereocenters. The number of hydrogen-bond acceptors (Lipinski definition) is 2. The van der Waals surface area contributed by atoms with E-state index in [1.54, 1.807) is 0 Å². The summed E-state index contributed by atoms with van der Waals surface area (Å²) in [6.07, 6.45) is 5.11. The van der Waals surface area contributed by atoms with Gasteiger partial charge in [-0.15, -0.1) is 0 Å². The summed E-state index contributed by atoms with van der Waals surface area (Å²) in [5, 5.41) is 12.1. The first-order valence-electron chi connectivity index (χ1n) is 4.87. The van der Waals surface area contributed by atoms with Crippen molar-refractivity contribution in [2.75, 3.05) is 0 Å². The first-order valence-corrected chi connectivity index (χ1v) is 4.87. The molecule has 1 aromatic rings. The maximum absolute atomic E-state index is 8.76. The maximum Gasteiger partial charge on any atom is 0.0827 e. The van der Waals surface area contributed by atoms with Gasteiger partial charge >= 0.3 is 0 Å². The molecule has 1 aromatic carbocycles. The van der Waals surface area contributed by atoms with Gasteiger partial charge in [0.05, 0.1) is 5.71 Å². The molecule has 2 nitrogen and oxygen atoms in total. The highest BCUT2D eigenvalue weighted by atomic mass is 16.4. The third-order valence-corrected chi connectivity index (χ3v) is 2.49. The van der Waals surface area contributed by atoms with Crippen molar-refractivity contribution in [1.29, 1.82) is 0 Å². The minimum atomic E-state index is 0.842. The Morgan fingerprint density at radius 2 is 1.93 bits per heavy atom. The van der Waals surface area contributed by atoms with E-state index in [1.165, 1.54) is 11.1 Å². The molecule has 72 valence electrons. The second-order valence-electron chi connectivity index (χ2n) is 3.48. The first kappa shape index (κ1) is 9.00. The smallest absolute Gasteiger partial charge is 0.0827 e. The van der Waals surface area contributed by atoms with Crippen LogP contribution in [0.1, 0.15) is 24.8 Å². The molecule has 0 heterocycles. The standard InChI is InChI=1S/C12H13NO/c14-13-12-8-4-7-11(12)9-10-5-2-1-3-6-10/h1-3,5-6,9,14H,4,7-8H2/b11-9-,13-12+. The minimum Gasteiger partial charge on any atom is -0.411 e. The van der Waals surface area contributed by atoms with E-state index in [-0.39, 0.29) is 0 Å². The molecular formula is C12H13NO. The fourth-order valence-corrected chi connectivity index (χ4v) is 1.77. The highest BCUT2D eigenvalue weighted by Gasteiger charge is 2.15. The summed E-state index contributed by atoms with van der Waals surface area (Å²) in [6.45, 7) is 0. The summed E-state index contributed by atoms with van der Waals surface area (Å²) >= 11 is 0. The summed E-state index contributed by atoms with van der Waals surface area (Å²) in [4.78, 5) is 0. The van der Waals surface area contributed by atoms with E-state index < -0.39 is 0 Å². The van der Waals surface area contributed by atoms with Gasteiger partial charge < -0.3 is 5.21 Å². The topological polar surface area (TPSA) is 32.6 Å². The van der Waals surface area contributed by atoms with Crippen LogP contribution in [0.2, 0.25) is 0 Å². The Labute approximate surface area is 83.6 Å². The van der Waals surface area contributed by atoms with Crippen LogP contribution >= 0.6 is 0 Å². The van der Waals surface area contributed by atoms with Gasteiger partial charge in [0.2, 0.25) is 0 Å². The van der Waals surface area contributed by atoms with E-state index in [0.717, 1.165) is 25.0 Å². The third kappa shape index (κ3) is 1.84. The molecule has 0 aliphatic heterocycles. The molecule has 0 radical (unpaired) electrons. The van der Waals surface area contributed by atoms with Crippen molar-refractivity contribution in [2.24, 2.45) is 5.16 Å².